The first-order valence-corrected chi connectivity index (χ1v) is 9.19. The average Bonchev–Trinajstić information content (AvgIpc) is 2.35. The summed E-state index contributed by atoms with van der Waals surface area (Å²) < 4.78 is 10.9. The largest absolute Gasteiger partial charge is 0.462 e. The molecule has 3 nitrogen and oxygen atoms in total. The molecule has 2 atom stereocenters. The second kappa shape index (κ2) is 7.66. The highest BCUT2D eigenvalue weighted by Gasteiger charge is 2.21. The number of carbonyl (C=O) groups excluding carboxylic acids is 1. The van der Waals surface area contributed by atoms with Crippen LogP contribution in [0.5, 0.6) is 0 Å². The molecule has 98 valence electrons. The van der Waals surface area contributed by atoms with Gasteiger partial charge in [0.05, 0.1) is 15.4 Å². The van der Waals surface area contributed by atoms with Crippen molar-refractivity contribution in [2.45, 2.75) is 50.9 Å². The van der Waals surface area contributed by atoms with Gasteiger partial charge in [0, 0.05) is 17.9 Å². The Bertz CT molecular complexity index is 259. The minimum Gasteiger partial charge on any atom is -0.462 e. The lowest BCUT2D eigenvalue weighted by atomic mass is 10.2. The lowest BCUT2D eigenvalue weighted by Crippen LogP contribution is -2.33. The molecule has 0 bridgehead atoms. The summed E-state index contributed by atoms with van der Waals surface area (Å²) in [6.45, 7) is 9.05. The maximum Gasteiger partial charge on any atom is 0.333 e. The molecule has 0 amide bonds. The van der Waals surface area contributed by atoms with E-state index in [0.717, 1.165) is 13.0 Å². The molecule has 0 N–H and O–H groups in total. The van der Waals surface area contributed by atoms with Crippen LogP contribution in [0.25, 0.3) is 0 Å². The second-order valence-electron chi connectivity index (χ2n) is 4.94. The molecule has 17 heavy (non-hydrogen) atoms. The Labute approximate surface area is 106 Å². The smallest absolute Gasteiger partial charge is 0.333 e. The first kappa shape index (κ1) is 14.4. The molecular formula is C13H24O3Si. The van der Waals surface area contributed by atoms with E-state index in [-0.39, 0.29) is 5.97 Å². The zero-order valence-corrected chi connectivity index (χ0v) is 12.2. The van der Waals surface area contributed by atoms with Gasteiger partial charge in [0.25, 0.3) is 0 Å². The van der Waals surface area contributed by atoms with Gasteiger partial charge in [0.15, 0.2) is 0 Å². The van der Waals surface area contributed by atoms with E-state index >= 15 is 0 Å². The summed E-state index contributed by atoms with van der Waals surface area (Å²) in [6, 6.07) is 1.19. The number of rotatable bonds is 6. The highest BCUT2D eigenvalue weighted by Crippen LogP contribution is 2.18. The second-order valence-corrected chi connectivity index (χ2v) is 8.22. The molecule has 0 radical (unpaired) electrons. The van der Waals surface area contributed by atoms with Crippen molar-refractivity contribution in [1.82, 2.24) is 0 Å². The van der Waals surface area contributed by atoms with Crippen LogP contribution < -0.4 is 0 Å². The van der Waals surface area contributed by atoms with E-state index in [1.807, 2.05) is 0 Å². The van der Waals surface area contributed by atoms with Crippen LogP contribution in [0.3, 0.4) is 0 Å². The van der Waals surface area contributed by atoms with Crippen molar-refractivity contribution in [3.8, 4) is 0 Å². The van der Waals surface area contributed by atoms with Gasteiger partial charge in [-0.3, -0.25) is 0 Å². The summed E-state index contributed by atoms with van der Waals surface area (Å²) in [5, 5.41) is 0. The molecule has 1 heterocycles. The molecule has 0 aromatic rings. The summed E-state index contributed by atoms with van der Waals surface area (Å²) in [4.78, 5) is 11.2. The third kappa shape index (κ3) is 5.50. The van der Waals surface area contributed by atoms with Crippen molar-refractivity contribution in [3.63, 3.8) is 0 Å². The van der Waals surface area contributed by atoms with Crippen LogP contribution in [0.15, 0.2) is 12.2 Å². The quantitative estimate of drug-likeness (QED) is 0.317. The topological polar surface area (TPSA) is 35.5 Å². The van der Waals surface area contributed by atoms with Crippen molar-refractivity contribution in [2.24, 2.45) is 0 Å². The fraction of sp³-hybridized carbons (Fsp3) is 0.769. The van der Waals surface area contributed by atoms with Gasteiger partial charge in [-0.05, 0) is 32.6 Å². The third-order valence-electron chi connectivity index (χ3n) is 3.24. The van der Waals surface area contributed by atoms with Gasteiger partial charge in [0.2, 0.25) is 0 Å². The Morgan fingerprint density at radius 3 is 2.88 bits per heavy atom. The van der Waals surface area contributed by atoms with Gasteiger partial charge in [0.1, 0.15) is 0 Å². The SMILES string of the molecule is C=C(C)C(=O)OCCC[SiH](C)C1CCCCO1. The van der Waals surface area contributed by atoms with Crippen molar-refractivity contribution in [3.05, 3.63) is 12.2 Å². The zero-order valence-electron chi connectivity index (χ0n) is 11.0. The first-order chi connectivity index (χ1) is 8.11. The Kier molecular flexibility index (Phi) is 6.51. The standard InChI is InChI=1S/C13H24O3Si/c1-11(2)13(14)16-9-6-10-17(3)12-7-4-5-8-15-12/h12,17H,1,4-10H2,2-3H3. The van der Waals surface area contributed by atoms with Gasteiger partial charge < -0.3 is 9.47 Å². The van der Waals surface area contributed by atoms with Gasteiger partial charge in [-0.2, -0.15) is 0 Å². The van der Waals surface area contributed by atoms with Crippen molar-refractivity contribution < 1.29 is 14.3 Å². The Morgan fingerprint density at radius 2 is 2.29 bits per heavy atom. The predicted octanol–water partition coefficient (Wildman–Crippen LogP) is 2.46. The maximum absolute atomic E-state index is 11.2. The van der Waals surface area contributed by atoms with Crippen LogP contribution in [-0.2, 0) is 14.3 Å². The predicted molar refractivity (Wildman–Crippen MR) is 71.8 cm³/mol. The van der Waals surface area contributed by atoms with Crippen LogP contribution in [0.4, 0.5) is 0 Å². The summed E-state index contributed by atoms with van der Waals surface area (Å²) >= 11 is 0. The molecule has 2 unspecified atom stereocenters. The lowest BCUT2D eigenvalue weighted by Gasteiger charge is -2.27. The number of carbonyl (C=O) groups is 1. The Hall–Kier alpha value is -0.613. The average molecular weight is 256 g/mol. The molecule has 4 heteroatoms. The van der Waals surface area contributed by atoms with Crippen LogP contribution in [0.2, 0.25) is 12.6 Å². The summed E-state index contributed by atoms with van der Waals surface area (Å²) in [5.41, 5.74) is 1.02. The summed E-state index contributed by atoms with van der Waals surface area (Å²) in [7, 11) is -0.807. The van der Waals surface area contributed by atoms with E-state index < -0.39 is 8.80 Å². The van der Waals surface area contributed by atoms with E-state index in [2.05, 4.69) is 13.1 Å². The number of hydrogen-bond acceptors (Lipinski definition) is 3. The lowest BCUT2D eigenvalue weighted by molar-refractivity contribution is -0.138. The van der Waals surface area contributed by atoms with Gasteiger partial charge in [-0.25, -0.2) is 4.79 Å². The van der Waals surface area contributed by atoms with Crippen LogP contribution in [0.1, 0.15) is 32.6 Å². The highest BCUT2D eigenvalue weighted by molar-refractivity contribution is 6.58. The molecule has 0 aliphatic carbocycles. The molecule has 0 aromatic heterocycles. The van der Waals surface area contributed by atoms with Gasteiger partial charge in [-0.1, -0.05) is 19.2 Å². The van der Waals surface area contributed by atoms with Crippen LogP contribution >= 0.6 is 0 Å². The van der Waals surface area contributed by atoms with Crippen LogP contribution in [-0.4, -0.2) is 33.7 Å². The Balaban J connectivity index is 2.09. The van der Waals surface area contributed by atoms with Crippen LogP contribution in [0, 0.1) is 0 Å². The summed E-state index contributed by atoms with van der Waals surface area (Å²) in [6.07, 6.45) is 4.73. The fourth-order valence-electron chi connectivity index (χ4n) is 2.09. The van der Waals surface area contributed by atoms with E-state index in [9.17, 15) is 4.79 Å². The van der Waals surface area contributed by atoms with E-state index in [1.165, 1.54) is 25.3 Å². The molecule has 1 fully saturated rings. The molecule has 1 aliphatic rings. The molecule has 1 aliphatic heterocycles. The third-order valence-corrected chi connectivity index (χ3v) is 6.35. The minimum atomic E-state index is -0.807. The molecule has 0 saturated carbocycles. The van der Waals surface area contributed by atoms with Crippen molar-refractivity contribution >= 4 is 14.8 Å². The number of hydrogen-bond donors (Lipinski definition) is 0. The molecule has 0 spiro atoms. The van der Waals surface area contributed by atoms with Gasteiger partial charge >= 0.3 is 5.97 Å². The van der Waals surface area contributed by atoms with E-state index in [1.54, 1.807) is 6.92 Å². The fourth-order valence-corrected chi connectivity index (χ4v) is 4.55. The summed E-state index contributed by atoms with van der Waals surface area (Å²) in [5.74, 6) is -0.270. The highest BCUT2D eigenvalue weighted by atomic mass is 28.3. The maximum atomic E-state index is 11.2. The van der Waals surface area contributed by atoms with Crippen molar-refractivity contribution in [2.75, 3.05) is 13.2 Å². The normalized spacial score (nSPS) is 21.9. The molecule has 1 saturated heterocycles. The Morgan fingerprint density at radius 1 is 1.53 bits per heavy atom. The monoisotopic (exact) mass is 256 g/mol. The van der Waals surface area contributed by atoms with Crippen molar-refractivity contribution in [1.29, 1.82) is 0 Å². The first-order valence-electron chi connectivity index (χ1n) is 6.55. The molecule has 0 aromatic carbocycles. The molecule has 1 rings (SSSR count). The van der Waals surface area contributed by atoms with E-state index in [4.69, 9.17) is 9.47 Å². The molecular weight excluding hydrogens is 232 g/mol. The zero-order chi connectivity index (χ0) is 12.7. The number of ether oxygens (including phenoxy) is 2. The van der Waals surface area contributed by atoms with Gasteiger partial charge in [-0.15, -0.1) is 0 Å². The van der Waals surface area contributed by atoms with E-state index in [0.29, 0.717) is 17.9 Å². The number of esters is 1. The minimum absolute atomic E-state index is 0.270.